The molecule has 2 fully saturated rings. The normalized spacial score (nSPS) is 18.4. The van der Waals surface area contributed by atoms with E-state index in [0.29, 0.717) is 5.69 Å². The third-order valence-corrected chi connectivity index (χ3v) is 5.55. The number of piperazine rings is 2. The summed E-state index contributed by atoms with van der Waals surface area (Å²) in [5.74, 6) is 0.817. The van der Waals surface area contributed by atoms with Gasteiger partial charge in [-0.15, -0.1) is 0 Å². The molecule has 2 aliphatic rings. The SMILES string of the molecule is CCN1CCN(C(=O)c2ccc(N3CCN(c4ncccn4)CC3)cn2)CC1. The molecule has 0 saturated carbocycles. The van der Waals surface area contributed by atoms with Gasteiger partial charge in [-0.3, -0.25) is 4.79 Å². The van der Waals surface area contributed by atoms with Crippen LogP contribution in [0, 0.1) is 0 Å². The molecule has 1 amide bonds. The summed E-state index contributed by atoms with van der Waals surface area (Å²) in [6.07, 6.45) is 5.37. The van der Waals surface area contributed by atoms with E-state index in [1.165, 1.54) is 0 Å². The summed E-state index contributed by atoms with van der Waals surface area (Å²) >= 11 is 0. The van der Waals surface area contributed by atoms with Crippen LogP contribution < -0.4 is 9.80 Å². The predicted octanol–water partition coefficient (Wildman–Crippen LogP) is 0.976. The smallest absolute Gasteiger partial charge is 0.272 e. The Hall–Kier alpha value is -2.74. The van der Waals surface area contributed by atoms with Gasteiger partial charge < -0.3 is 19.6 Å². The molecule has 148 valence electrons. The Morgan fingerprint density at radius 1 is 0.893 bits per heavy atom. The number of rotatable bonds is 4. The van der Waals surface area contributed by atoms with Gasteiger partial charge in [0.2, 0.25) is 5.95 Å². The van der Waals surface area contributed by atoms with E-state index in [2.05, 4.69) is 36.6 Å². The van der Waals surface area contributed by atoms with E-state index in [1.54, 1.807) is 12.4 Å². The standard InChI is InChI=1S/C20H27N7O/c1-2-24-8-10-26(11-9-24)19(28)18-5-4-17(16-23-18)25-12-14-27(15-13-25)20-21-6-3-7-22-20/h3-7,16H,2,8-15H2,1H3. The van der Waals surface area contributed by atoms with E-state index in [-0.39, 0.29) is 5.91 Å². The average molecular weight is 381 g/mol. The third kappa shape index (κ3) is 4.06. The van der Waals surface area contributed by atoms with Gasteiger partial charge in [-0.1, -0.05) is 6.92 Å². The minimum atomic E-state index is 0.0355. The van der Waals surface area contributed by atoms with E-state index >= 15 is 0 Å². The molecule has 0 aliphatic carbocycles. The second-order valence-electron chi connectivity index (χ2n) is 7.15. The Labute approximate surface area is 165 Å². The molecule has 0 unspecified atom stereocenters. The molecule has 4 rings (SSSR count). The summed E-state index contributed by atoms with van der Waals surface area (Å²) in [6, 6.07) is 5.70. The minimum Gasteiger partial charge on any atom is -0.367 e. The first-order chi connectivity index (χ1) is 13.7. The summed E-state index contributed by atoms with van der Waals surface area (Å²) in [5, 5.41) is 0. The maximum Gasteiger partial charge on any atom is 0.272 e. The molecule has 0 spiro atoms. The van der Waals surface area contributed by atoms with Crippen LogP contribution in [-0.2, 0) is 0 Å². The number of carbonyl (C=O) groups is 1. The van der Waals surface area contributed by atoms with Crippen molar-refractivity contribution in [2.24, 2.45) is 0 Å². The van der Waals surface area contributed by atoms with E-state index < -0.39 is 0 Å². The summed E-state index contributed by atoms with van der Waals surface area (Å²) in [5.41, 5.74) is 1.59. The predicted molar refractivity (Wildman–Crippen MR) is 109 cm³/mol. The first kappa shape index (κ1) is 18.6. The lowest BCUT2D eigenvalue weighted by Crippen LogP contribution is -2.48. The molecule has 0 atom stereocenters. The Balaban J connectivity index is 1.33. The first-order valence-corrected chi connectivity index (χ1v) is 9.99. The maximum absolute atomic E-state index is 12.7. The molecule has 2 aliphatic heterocycles. The van der Waals surface area contributed by atoms with Gasteiger partial charge in [0.1, 0.15) is 5.69 Å². The van der Waals surface area contributed by atoms with Gasteiger partial charge in [-0.2, -0.15) is 0 Å². The van der Waals surface area contributed by atoms with E-state index in [4.69, 9.17) is 0 Å². The highest BCUT2D eigenvalue weighted by molar-refractivity contribution is 5.92. The van der Waals surface area contributed by atoms with E-state index in [9.17, 15) is 4.79 Å². The number of anilines is 2. The van der Waals surface area contributed by atoms with Gasteiger partial charge in [0.05, 0.1) is 11.9 Å². The lowest BCUT2D eigenvalue weighted by atomic mass is 10.2. The van der Waals surface area contributed by atoms with Crippen molar-refractivity contribution in [1.82, 2.24) is 24.8 Å². The molecule has 28 heavy (non-hydrogen) atoms. The van der Waals surface area contributed by atoms with Gasteiger partial charge in [0.15, 0.2) is 0 Å². The van der Waals surface area contributed by atoms with Crippen LogP contribution >= 0.6 is 0 Å². The molecule has 4 heterocycles. The highest BCUT2D eigenvalue weighted by Crippen LogP contribution is 2.18. The molecule has 0 radical (unpaired) electrons. The molecular weight excluding hydrogens is 354 g/mol. The molecule has 2 aromatic heterocycles. The van der Waals surface area contributed by atoms with Crippen molar-refractivity contribution in [1.29, 1.82) is 0 Å². The topological polar surface area (TPSA) is 68.7 Å². The largest absolute Gasteiger partial charge is 0.367 e. The van der Waals surface area contributed by atoms with Crippen LogP contribution in [0.4, 0.5) is 11.6 Å². The van der Waals surface area contributed by atoms with Gasteiger partial charge >= 0.3 is 0 Å². The molecule has 0 N–H and O–H groups in total. The van der Waals surface area contributed by atoms with Crippen LogP contribution in [0.3, 0.4) is 0 Å². The van der Waals surface area contributed by atoms with Gasteiger partial charge in [-0.05, 0) is 24.7 Å². The van der Waals surface area contributed by atoms with Crippen LogP contribution in [-0.4, -0.2) is 89.6 Å². The molecule has 8 nitrogen and oxygen atoms in total. The highest BCUT2D eigenvalue weighted by Gasteiger charge is 2.23. The fourth-order valence-electron chi connectivity index (χ4n) is 3.75. The molecule has 2 saturated heterocycles. The Kier molecular flexibility index (Phi) is 5.66. The van der Waals surface area contributed by atoms with Crippen LogP contribution in [0.15, 0.2) is 36.8 Å². The van der Waals surface area contributed by atoms with Gasteiger partial charge in [0.25, 0.3) is 5.91 Å². The van der Waals surface area contributed by atoms with Gasteiger partial charge in [0, 0.05) is 64.8 Å². The number of aromatic nitrogens is 3. The maximum atomic E-state index is 12.7. The van der Waals surface area contributed by atoms with E-state index in [0.717, 1.165) is 70.5 Å². The van der Waals surface area contributed by atoms with E-state index in [1.807, 2.05) is 29.3 Å². The second-order valence-corrected chi connectivity index (χ2v) is 7.15. The zero-order valence-corrected chi connectivity index (χ0v) is 16.4. The van der Waals surface area contributed by atoms with Crippen molar-refractivity contribution in [2.75, 3.05) is 68.7 Å². The lowest BCUT2D eigenvalue weighted by molar-refractivity contribution is 0.0637. The zero-order valence-electron chi connectivity index (χ0n) is 16.4. The van der Waals surface area contributed by atoms with Crippen molar-refractivity contribution in [2.45, 2.75) is 6.92 Å². The monoisotopic (exact) mass is 381 g/mol. The van der Waals surface area contributed by atoms with Crippen LogP contribution in [0.25, 0.3) is 0 Å². The minimum absolute atomic E-state index is 0.0355. The molecule has 0 bridgehead atoms. The Morgan fingerprint density at radius 2 is 1.57 bits per heavy atom. The summed E-state index contributed by atoms with van der Waals surface area (Å²) in [7, 11) is 0. The number of amides is 1. The molecule has 8 heteroatoms. The number of carbonyl (C=O) groups excluding carboxylic acids is 1. The quantitative estimate of drug-likeness (QED) is 0.782. The lowest BCUT2D eigenvalue weighted by Gasteiger charge is -2.36. The molecule has 0 aromatic carbocycles. The first-order valence-electron chi connectivity index (χ1n) is 9.99. The van der Waals surface area contributed by atoms with Crippen molar-refractivity contribution in [3.63, 3.8) is 0 Å². The average Bonchev–Trinajstić information content (AvgIpc) is 2.79. The number of hydrogen-bond acceptors (Lipinski definition) is 7. The third-order valence-electron chi connectivity index (χ3n) is 5.55. The van der Waals surface area contributed by atoms with Crippen molar-refractivity contribution >= 4 is 17.5 Å². The summed E-state index contributed by atoms with van der Waals surface area (Å²) in [4.78, 5) is 34.6. The molecular formula is C20H27N7O. The number of pyridine rings is 1. The summed E-state index contributed by atoms with van der Waals surface area (Å²) < 4.78 is 0. The Bertz CT molecular complexity index is 767. The van der Waals surface area contributed by atoms with Crippen molar-refractivity contribution in [3.05, 3.63) is 42.5 Å². The Morgan fingerprint density at radius 3 is 2.18 bits per heavy atom. The highest BCUT2D eigenvalue weighted by atomic mass is 16.2. The second kappa shape index (κ2) is 8.52. The number of nitrogens with zero attached hydrogens (tertiary/aromatic N) is 7. The van der Waals surface area contributed by atoms with Gasteiger partial charge in [-0.25, -0.2) is 15.0 Å². The van der Waals surface area contributed by atoms with Crippen LogP contribution in [0.2, 0.25) is 0 Å². The number of likely N-dealkylation sites (N-methyl/N-ethyl adjacent to an activating group) is 1. The van der Waals surface area contributed by atoms with Crippen LogP contribution in [0.1, 0.15) is 17.4 Å². The van der Waals surface area contributed by atoms with Crippen molar-refractivity contribution in [3.8, 4) is 0 Å². The molecule has 2 aromatic rings. The summed E-state index contributed by atoms with van der Waals surface area (Å²) in [6.45, 7) is 10.1. The number of hydrogen-bond donors (Lipinski definition) is 0. The zero-order chi connectivity index (χ0) is 19.3. The fourth-order valence-corrected chi connectivity index (χ4v) is 3.75. The fraction of sp³-hybridized carbons (Fsp3) is 0.500. The van der Waals surface area contributed by atoms with Crippen LogP contribution in [0.5, 0.6) is 0 Å². The van der Waals surface area contributed by atoms with Crippen molar-refractivity contribution < 1.29 is 4.79 Å².